The molecule has 0 amide bonds. The van der Waals surface area contributed by atoms with E-state index in [0.29, 0.717) is 17.9 Å². The highest BCUT2D eigenvalue weighted by Gasteiger charge is 2.29. The van der Waals surface area contributed by atoms with Crippen molar-refractivity contribution in [1.29, 1.82) is 0 Å². The van der Waals surface area contributed by atoms with Crippen molar-refractivity contribution in [3.05, 3.63) is 77.7 Å². The van der Waals surface area contributed by atoms with Gasteiger partial charge in [0, 0.05) is 28.2 Å². The summed E-state index contributed by atoms with van der Waals surface area (Å²) >= 11 is 6.02. The number of fused-ring (bicyclic) bond motifs is 1. The fourth-order valence-corrected chi connectivity index (χ4v) is 3.60. The second kappa shape index (κ2) is 6.81. The Morgan fingerprint density at radius 3 is 2.65 bits per heavy atom. The van der Waals surface area contributed by atoms with Crippen LogP contribution in [0.1, 0.15) is 22.8 Å². The summed E-state index contributed by atoms with van der Waals surface area (Å²) in [5, 5.41) is 4.86. The third-order valence-electron chi connectivity index (χ3n) is 4.68. The van der Waals surface area contributed by atoms with Crippen LogP contribution in [0.2, 0.25) is 0 Å². The molecule has 2 aromatic heterocycles. The zero-order valence-electron chi connectivity index (χ0n) is 14.2. The van der Waals surface area contributed by atoms with Gasteiger partial charge in [0.2, 0.25) is 5.24 Å². The van der Waals surface area contributed by atoms with E-state index in [0.717, 1.165) is 27.6 Å². The number of para-hydroxylation sites is 1. The fraction of sp³-hybridized carbons (Fsp3) is 0.143. The molecule has 0 saturated carbocycles. The van der Waals surface area contributed by atoms with Crippen LogP contribution in [-0.4, -0.2) is 15.4 Å². The first kappa shape index (κ1) is 16.6. The van der Waals surface area contributed by atoms with Crippen molar-refractivity contribution in [2.45, 2.75) is 19.3 Å². The largest absolute Gasteiger partial charge is 0.361 e. The molecule has 0 aliphatic heterocycles. The summed E-state index contributed by atoms with van der Waals surface area (Å²) in [5.41, 5.74) is 4.40. The Hall–Kier alpha value is -2.85. The molecule has 0 saturated heterocycles. The van der Waals surface area contributed by atoms with E-state index in [2.05, 4.69) is 10.1 Å². The Morgan fingerprint density at radius 1 is 1.15 bits per heavy atom. The lowest BCUT2D eigenvalue weighted by Crippen LogP contribution is -2.11. The fourth-order valence-electron chi connectivity index (χ4n) is 3.41. The standard InChI is InChI=1S/C21H17ClN2O2/c1-13-19(20(24-26-13)14-7-3-2-4-8-14)17(21(22)25)11-15-12-23-18-10-6-5-9-16(15)18/h2-10,12,17,23H,11H2,1H3. The number of H-pyrrole nitrogens is 1. The van der Waals surface area contributed by atoms with Gasteiger partial charge in [0.1, 0.15) is 11.5 Å². The number of nitrogens with zero attached hydrogens (tertiary/aromatic N) is 1. The van der Waals surface area contributed by atoms with Crippen LogP contribution in [0.25, 0.3) is 22.2 Å². The van der Waals surface area contributed by atoms with Gasteiger partial charge in [0.25, 0.3) is 0 Å². The third-order valence-corrected chi connectivity index (χ3v) is 4.94. The predicted molar refractivity (Wildman–Crippen MR) is 102 cm³/mol. The zero-order chi connectivity index (χ0) is 18.1. The van der Waals surface area contributed by atoms with Gasteiger partial charge in [-0.1, -0.05) is 53.7 Å². The van der Waals surface area contributed by atoms with E-state index in [1.54, 1.807) is 0 Å². The summed E-state index contributed by atoms with van der Waals surface area (Å²) < 4.78 is 5.42. The molecule has 0 bridgehead atoms. The van der Waals surface area contributed by atoms with Gasteiger partial charge in [-0.2, -0.15) is 0 Å². The molecule has 1 atom stereocenters. The first-order valence-electron chi connectivity index (χ1n) is 8.41. The van der Waals surface area contributed by atoms with Crippen LogP contribution in [0, 0.1) is 6.92 Å². The molecule has 130 valence electrons. The lowest BCUT2D eigenvalue weighted by Gasteiger charge is -2.13. The highest BCUT2D eigenvalue weighted by atomic mass is 35.5. The zero-order valence-corrected chi connectivity index (χ0v) is 15.0. The number of benzene rings is 2. The topological polar surface area (TPSA) is 58.9 Å². The number of aryl methyl sites for hydroxylation is 1. The molecule has 1 unspecified atom stereocenters. The number of hydrogen-bond donors (Lipinski definition) is 1. The summed E-state index contributed by atoms with van der Waals surface area (Å²) in [6.07, 6.45) is 2.41. The third kappa shape index (κ3) is 2.93. The monoisotopic (exact) mass is 364 g/mol. The van der Waals surface area contributed by atoms with Crippen molar-refractivity contribution in [3.63, 3.8) is 0 Å². The second-order valence-corrected chi connectivity index (χ2v) is 6.66. The highest BCUT2D eigenvalue weighted by Crippen LogP contribution is 2.36. The van der Waals surface area contributed by atoms with E-state index in [-0.39, 0.29) is 0 Å². The maximum atomic E-state index is 12.3. The number of rotatable bonds is 5. The van der Waals surface area contributed by atoms with Crippen molar-refractivity contribution >= 4 is 27.7 Å². The Kier molecular flexibility index (Phi) is 4.35. The minimum atomic E-state index is -0.530. The smallest absolute Gasteiger partial charge is 0.229 e. The maximum Gasteiger partial charge on any atom is 0.229 e. The normalized spacial score (nSPS) is 12.4. The molecule has 0 aliphatic carbocycles. The molecular formula is C21H17ClN2O2. The van der Waals surface area contributed by atoms with E-state index in [4.69, 9.17) is 16.1 Å². The van der Waals surface area contributed by atoms with Crippen molar-refractivity contribution in [2.24, 2.45) is 0 Å². The highest BCUT2D eigenvalue weighted by molar-refractivity contribution is 6.64. The molecule has 5 heteroatoms. The molecule has 0 spiro atoms. The number of aromatic nitrogens is 2. The van der Waals surface area contributed by atoms with Gasteiger partial charge in [-0.15, -0.1) is 0 Å². The van der Waals surface area contributed by atoms with Crippen LogP contribution in [0.5, 0.6) is 0 Å². The minimum Gasteiger partial charge on any atom is -0.361 e. The Labute approximate surface area is 155 Å². The number of carbonyl (C=O) groups is 1. The molecule has 4 rings (SSSR count). The molecule has 2 aromatic carbocycles. The quantitative estimate of drug-likeness (QED) is 0.494. The molecule has 4 aromatic rings. The lowest BCUT2D eigenvalue weighted by molar-refractivity contribution is -0.113. The van der Waals surface area contributed by atoms with Gasteiger partial charge in [-0.3, -0.25) is 4.79 Å². The van der Waals surface area contributed by atoms with Gasteiger partial charge in [-0.25, -0.2) is 0 Å². The van der Waals surface area contributed by atoms with Gasteiger partial charge < -0.3 is 9.51 Å². The van der Waals surface area contributed by atoms with E-state index in [1.807, 2.05) is 67.7 Å². The van der Waals surface area contributed by atoms with E-state index < -0.39 is 11.2 Å². The van der Waals surface area contributed by atoms with Gasteiger partial charge >= 0.3 is 0 Å². The van der Waals surface area contributed by atoms with Gasteiger partial charge in [-0.05, 0) is 36.6 Å². The molecular weight excluding hydrogens is 348 g/mol. The second-order valence-electron chi connectivity index (χ2n) is 6.29. The average molecular weight is 365 g/mol. The number of nitrogens with one attached hydrogen (secondary N) is 1. The van der Waals surface area contributed by atoms with Crippen molar-refractivity contribution in [3.8, 4) is 11.3 Å². The van der Waals surface area contributed by atoms with Crippen molar-refractivity contribution in [1.82, 2.24) is 10.1 Å². The summed E-state index contributed by atoms with van der Waals surface area (Å²) in [7, 11) is 0. The average Bonchev–Trinajstić information content (AvgIpc) is 3.24. The molecule has 2 heterocycles. The molecule has 1 N–H and O–H groups in total. The Bertz CT molecular complexity index is 1070. The summed E-state index contributed by atoms with van der Waals surface area (Å²) in [4.78, 5) is 15.6. The van der Waals surface area contributed by atoms with Crippen LogP contribution < -0.4 is 0 Å². The summed E-state index contributed by atoms with van der Waals surface area (Å²) in [5.74, 6) is 0.0834. The lowest BCUT2D eigenvalue weighted by atomic mass is 9.89. The van der Waals surface area contributed by atoms with Gasteiger partial charge in [0.05, 0.1) is 5.92 Å². The van der Waals surface area contributed by atoms with Gasteiger partial charge in [0.15, 0.2) is 0 Å². The molecule has 0 radical (unpaired) electrons. The first-order chi connectivity index (χ1) is 12.6. The Morgan fingerprint density at radius 2 is 1.88 bits per heavy atom. The first-order valence-corrected chi connectivity index (χ1v) is 8.79. The van der Waals surface area contributed by atoms with Crippen LogP contribution in [0.4, 0.5) is 0 Å². The van der Waals surface area contributed by atoms with Crippen LogP contribution in [0.15, 0.2) is 65.3 Å². The molecule has 26 heavy (non-hydrogen) atoms. The Balaban J connectivity index is 1.79. The molecule has 4 nitrogen and oxygen atoms in total. The van der Waals surface area contributed by atoms with Crippen LogP contribution >= 0.6 is 11.6 Å². The van der Waals surface area contributed by atoms with E-state index in [1.165, 1.54) is 0 Å². The van der Waals surface area contributed by atoms with Crippen LogP contribution in [-0.2, 0) is 11.2 Å². The van der Waals surface area contributed by atoms with E-state index in [9.17, 15) is 4.79 Å². The molecule has 0 aliphatic rings. The number of halogens is 1. The minimum absolute atomic E-state index is 0.418. The SMILES string of the molecule is Cc1onc(-c2ccccc2)c1C(Cc1c[nH]c2ccccc12)C(=O)Cl. The van der Waals surface area contributed by atoms with Crippen molar-refractivity contribution < 1.29 is 9.32 Å². The molecule has 0 fully saturated rings. The number of hydrogen-bond acceptors (Lipinski definition) is 3. The summed E-state index contributed by atoms with van der Waals surface area (Å²) in [6.45, 7) is 1.82. The number of carbonyl (C=O) groups excluding carboxylic acids is 1. The number of aromatic amines is 1. The van der Waals surface area contributed by atoms with Crippen molar-refractivity contribution in [2.75, 3.05) is 0 Å². The van der Waals surface area contributed by atoms with Crippen LogP contribution in [0.3, 0.4) is 0 Å². The summed E-state index contributed by atoms with van der Waals surface area (Å²) in [6, 6.07) is 17.7. The maximum absolute atomic E-state index is 12.3. The van der Waals surface area contributed by atoms with E-state index >= 15 is 0 Å². The predicted octanol–water partition coefficient (Wildman–Crippen LogP) is 5.22.